The maximum atomic E-state index is 12.1. The number of nitrogens with zero attached hydrogens (tertiary/aromatic N) is 4. The molecule has 0 bridgehead atoms. The van der Waals surface area contributed by atoms with Gasteiger partial charge in [0.25, 0.3) is 5.91 Å². The Labute approximate surface area is 207 Å². The third-order valence-electron chi connectivity index (χ3n) is 6.53. The highest BCUT2D eigenvalue weighted by molar-refractivity contribution is 6.33. The minimum atomic E-state index is -1.29. The number of amides is 1. The van der Waals surface area contributed by atoms with Gasteiger partial charge in [0.05, 0.1) is 19.3 Å². The Hall–Kier alpha value is -3.08. The van der Waals surface area contributed by atoms with Gasteiger partial charge >= 0.3 is 0 Å². The molecule has 1 amide bonds. The van der Waals surface area contributed by atoms with Crippen molar-refractivity contribution in [2.45, 2.75) is 43.9 Å². The number of ether oxygens (including phenoxy) is 1. The van der Waals surface area contributed by atoms with Gasteiger partial charge in [-0.1, -0.05) is 11.6 Å². The summed E-state index contributed by atoms with van der Waals surface area (Å²) in [6.07, 6.45) is 7.58. The molecule has 4 heterocycles. The lowest BCUT2D eigenvalue weighted by Crippen LogP contribution is -2.50. The summed E-state index contributed by atoms with van der Waals surface area (Å²) in [5, 5.41) is 21.1. The maximum absolute atomic E-state index is 12.1. The highest BCUT2D eigenvalue weighted by atomic mass is 35.5. The Kier molecular flexibility index (Phi) is 7.21. The van der Waals surface area contributed by atoms with Crippen LogP contribution in [-0.4, -0.2) is 62.8 Å². The fraction of sp³-hybridized carbons (Fsp3) is 0.458. The second-order valence-corrected chi connectivity index (χ2v) is 9.46. The Balaban J connectivity index is 1.06. The van der Waals surface area contributed by atoms with Crippen molar-refractivity contribution in [3.05, 3.63) is 47.5 Å². The smallest absolute Gasteiger partial charge is 0.253 e. The van der Waals surface area contributed by atoms with E-state index in [1.807, 2.05) is 18.2 Å². The van der Waals surface area contributed by atoms with Crippen LogP contribution in [0.2, 0.25) is 5.15 Å². The third kappa shape index (κ3) is 5.77. The van der Waals surface area contributed by atoms with E-state index in [0.717, 1.165) is 43.4 Å². The summed E-state index contributed by atoms with van der Waals surface area (Å²) in [7, 11) is 0. The van der Waals surface area contributed by atoms with Crippen LogP contribution in [0, 0.1) is 5.92 Å². The van der Waals surface area contributed by atoms with Crippen molar-refractivity contribution in [1.29, 1.82) is 0 Å². The lowest BCUT2D eigenvalue weighted by Gasteiger charge is -2.29. The molecule has 184 valence electrons. The first-order valence-electron chi connectivity index (χ1n) is 11.8. The van der Waals surface area contributed by atoms with Crippen LogP contribution in [0.4, 0.5) is 11.8 Å². The van der Waals surface area contributed by atoms with Crippen LogP contribution in [0.25, 0.3) is 10.9 Å². The minimum absolute atomic E-state index is 0.0380. The van der Waals surface area contributed by atoms with Crippen molar-refractivity contribution in [3.63, 3.8) is 0 Å². The van der Waals surface area contributed by atoms with E-state index >= 15 is 0 Å². The van der Waals surface area contributed by atoms with E-state index < -0.39 is 12.0 Å². The van der Waals surface area contributed by atoms with Gasteiger partial charge in [0, 0.05) is 42.1 Å². The van der Waals surface area contributed by atoms with E-state index in [1.54, 1.807) is 6.20 Å². The number of pyridine rings is 2. The summed E-state index contributed by atoms with van der Waals surface area (Å²) >= 11 is 6.19. The number of aromatic nitrogens is 4. The van der Waals surface area contributed by atoms with Crippen LogP contribution in [0.1, 0.15) is 37.4 Å². The predicted molar refractivity (Wildman–Crippen MR) is 132 cm³/mol. The first kappa shape index (κ1) is 23.7. The SMILES string of the molecule is O=C(NC1COC1)C(O)c1cnc(NC[C@H]2CC[C@H](Nc3ccc4ccnc(Cl)c4n3)CC2)nc1. The van der Waals surface area contributed by atoms with Gasteiger partial charge < -0.3 is 25.8 Å². The average molecular weight is 498 g/mol. The molecule has 35 heavy (non-hydrogen) atoms. The van der Waals surface area contributed by atoms with Crippen LogP contribution in [0.5, 0.6) is 0 Å². The molecule has 1 atom stereocenters. The fourth-order valence-electron chi connectivity index (χ4n) is 4.37. The number of rotatable bonds is 8. The highest BCUT2D eigenvalue weighted by Crippen LogP contribution is 2.28. The molecule has 4 N–H and O–H groups in total. The highest BCUT2D eigenvalue weighted by Gasteiger charge is 2.26. The molecule has 2 fully saturated rings. The summed E-state index contributed by atoms with van der Waals surface area (Å²) in [6.45, 7) is 1.72. The number of carbonyl (C=O) groups is 1. The van der Waals surface area contributed by atoms with Gasteiger partial charge in [-0.2, -0.15) is 0 Å². The summed E-state index contributed by atoms with van der Waals surface area (Å²) in [4.78, 5) is 29.3. The number of anilines is 2. The molecule has 1 aliphatic heterocycles. The van der Waals surface area contributed by atoms with E-state index in [-0.39, 0.29) is 6.04 Å². The fourth-order valence-corrected chi connectivity index (χ4v) is 4.58. The van der Waals surface area contributed by atoms with Crippen LogP contribution < -0.4 is 16.0 Å². The zero-order chi connectivity index (χ0) is 24.2. The van der Waals surface area contributed by atoms with Crippen molar-refractivity contribution >= 4 is 40.2 Å². The second kappa shape index (κ2) is 10.7. The molecular weight excluding hydrogens is 470 g/mol. The average Bonchev–Trinajstić information content (AvgIpc) is 2.86. The van der Waals surface area contributed by atoms with Gasteiger partial charge in [0.1, 0.15) is 11.3 Å². The molecule has 0 spiro atoms. The van der Waals surface area contributed by atoms with Crippen LogP contribution >= 0.6 is 11.6 Å². The van der Waals surface area contributed by atoms with E-state index in [2.05, 4.69) is 35.9 Å². The summed E-state index contributed by atoms with van der Waals surface area (Å²) < 4.78 is 5.02. The van der Waals surface area contributed by atoms with Gasteiger partial charge in [0.2, 0.25) is 5.95 Å². The summed E-state index contributed by atoms with van der Waals surface area (Å²) in [5.74, 6) is 1.35. The third-order valence-corrected chi connectivity index (χ3v) is 6.81. The summed E-state index contributed by atoms with van der Waals surface area (Å²) in [5.41, 5.74) is 1.07. The van der Waals surface area contributed by atoms with Crippen molar-refractivity contribution in [2.75, 3.05) is 30.4 Å². The number of hydrogen-bond donors (Lipinski definition) is 4. The zero-order valence-electron chi connectivity index (χ0n) is 19.2. The number of carbonyl (C=O) groups excluding carboxylic acids is 1. The standard InChI is InChI=1S/C24H28ClN7O3/c25-22-20-15(7-8-26-22)3-6-19(32-20)30-17-4-1-14(2-5-17)9-27-24-28-10-16(11-29-24)21(33)23(34)31-18-12-35-13-18/h3,6-8,10-11,14,17-18,21,33H,1-2,4-5,9,12-13H2,(H,30,32)(H,31,34)(H,27,28,29)/t14-,17-,21?. The topological polar surface area (TPSA) is 134 Å². The number of hydrogen-bond acceptors (Lipinski definition) is 9. The number of aliphatic hydroxyl groups is 1. The second-order valence-electron chi connectivity index (χ2n) is 9.10. The quantitative estimate of drug-likeness (QED) is 0.346. The van der Waals surface area contributed by atoms with E-state index in [4.69, 9.17) is 16.3 Å². The molecule has 10 nitrogen and oxygen atoms in total. The molecule has 5 rings (SSSR count). The molecule has 0 aromatic carbocycles. The molecule has 0 radical (unpaired) electrons. The predicted octanol–water partition coefficient (Wildman–Crippen LogP) is 2.70. The molecule has 1 saturated carbocycles. The van der Waals surface area contributed by atoms with Crippen molar-refractivity contribution in [3.8, 4) is 0 Å². The molecule has 11 heteroatoms. The monoisotopic (exact) mass is 497 g/mol. The van der Waals surface area contributed by atoms with Crippen molar-refractivity contribution < 1.29 is 14.6 Å². The lowest BCUT2D eigenvalue weighted by atomic mass is 9.86. The van der Waals surface area contributed by atoms with Gasteiger partial charge in [-0.05, 0) is 49.8 Å². The van der Waals surface area contributed by atoms with Crippen LogP contribution in [0.15, 0.2) is 36.8 Å². The molecule has 3 aromatic heterocycles. The van der Waals surface area contributed by atoms with Crippen LogP contribution in [-0.2, 0) is 9.53 Å². The molecular formula is C24H28ClN7O3. The Bertz CT molecular complexity index is 1170. The molecule has 3 aromatic rings. The molecule has 1 unspecified atom stereocenters. The van der Waals surface area contributed by atoms with Crippen LogP contribution in [0.3, 0.4) is 0 Å². The zero-order valence-corrected chi connectivity index (χ0v) is 19.9. The van der Waals surface area contributed by atoms with Gasteiger partial charge in [0.15, 0.2) is 11.3 Å². The van der Waals surface area contributed by atoms with E-state index in [0.29, 0.717) is 47.4 Å². The Morgan fingerprint density at radius 3 is 2.57 bits per heavy atom. The summed E-state index contributed by atoms with van der Waals surface area (Å²) in [6, 6.07) is 6.21. The normalized spacial score (nSPS) is 21.2. The number of halogens is 1. The Morgan fingerprint density at radius 2 is 1.86 bits per heavy atom. The van der Waals surface area contributed by atoms with Gasteiger partial charge in [-0.25, -0.2) is 19.9 Å². The van der Waals surface area contributed by atoms with Gasteiger partial charge in [-0.15, -0.1) is 0 Å². The minimum Gasteiger partial charge on any atom is -0.378 e. The van der Waals surface area contributed by atoms with Crippen molar-refractivity contribution in [1.82, 2.24) is 25.3 Å². The van der Waals surface area contributed by atoms with Crippen molar-refractivity contribution in [2.24, 2.45) is 5.92 Å². The number of nitrogens with one attached hydrogen (secondary N) is 3. The Morgan fingerprint density at radius 1 is 1.09 bits per heavy atom. The van der Waals surface area contributed by atoms with E-state index in [9.17, 15) is 9.90 Å². The maximum Gasteiger partial charge on any atom is 0.253 e. The first-order valence-corrected chi connectivity index (χ1v) is 12.2. The number of aliphatic hydroxyl groups excluding tert-OH is 1. The molecule has 1 aliphatic carbocycles. The van der Waals surface area contributed by atoms with E-state index in [1.165, 1.54) is 12.4 Å². The first-order chi connectivity index (χ1) is 17.0. The lowest BCUT2D eigenvalue weighted by molar-refractivity contribution is -0.133. The molecule has 1 saturated heterocycles. The van der Waals surface area contributed by atoms with Gasteiger partial charge in [-0.3, -0.25) is 4.79 Å². The largest absolute Gasteiger partial charge is 0.378 e. The number of fused-ring (bicyclic) bond motifs is 1. The molecule has 2 aliphatic rings.